The molecule has 1 N–H and O–H groups in total. The highest BCUT2D eigenvalue weighted by Gasteiger charge is 2.30. The first-order valence-electron chi connectivity index (χ1n) is 6.69. The zero-order valence-electron chi connectivity index (χ0n) is 12.4. The summed E-state index contributed by atoms with van der Waals surface area (Å²) in [6, 6.07) is 2.37. The molecule has 2 rings (SSSR count). The van der Waals surface area contributed by atoms with Gasteiger partial charge in [-0.2, -0.15) is 0 Å². The van der Waals surface area contributed by atoms with Crippen LogP contribution in [0.15, 0.2) is 6.07 Å². The highest BCUT2D eigenvalue weighted by Crippen LogP contribution is 2.46. The Morgan fingerprint density at radius 3 is 2.32 bits per heavy atom. The van der Waals surface area contributed by atoms with Crippen molar-refractivity contribution in [1.82, 2.24) is 5.32 Å². The maximum absolute atomic E-state index is 5.61. The molecule has 1 atom stereocenters. The molecule has 106 valence electrons. The van der Waals surface area contributed by atoms with Crippen LogP contribution in [-0.4, -0.2) is 27.9 Å². The Hall–Kier alpha value is -1.42. The van der Waals surface area contributed by atoms with E-state index in [1.807, 2.05) is 0 Å². The van der Waals surface area contributed by atoms with Crippen LogP contribution in [0.3, 0.4) is 0 Å². The van der Waals surface area contributed by atoms with Gasteiger partial charge in [0.2, 0.25) is 5.75 Å². The molecule has 1 aliphatic rings. The topological polar surface area (TPSA) is 39.7 Å². The van der Waals surface area contributed by atoms with Crippen LogP contribution in [0.1, 0.15) is 31.0 Å². The van der Waals surface area contributed by atoms with E-state index < -0.39 is 0 Å². The van der Waals surface area contributed by atoms with Crippen molar-refractivity contribution >= 4 is 0 Å². The number of fused-ring (bicyclic) bond motifs is 1. The highest BCUT2D eigenvalue weighted by atomic mass is 16.5. The zero-order valence-corrected chi connectivity index (χ0v) is 12.4. The molecule has 0 radical (unpaired) electrons. The van der Waals surface area contributed by atoms with Crippen molar-refractivity contribution in [3.8, 4) is 17.2 Å². The highest BCUT2D eigenvalue weighted by molar-refractivity contribution is 5.61. The van der Waals surface area contributed by atoms with E-state index in [1.165, 1.54) is 11.1 Å². The van der Waals surface area contributed by atoms with Gasteiger partial charge >= 0.3 is 0 Å². The Labute approximate surface area is 115 Å². The fraction of sp³-hybridized carbons (Fsp3) is 0.600. The Morgan fingerprint density at radius 1 is 1.11 bits per heavy atom. The number of hydrogen-bond donors (Lipinski definition) is 1. The number of ether oxygens (including phenoxy) is 3. The van der Waals surface area contributed by atoms with Crippen LogP contribution in [0.2, 0.25) is 0 Å². The van der Waals surface area contributed by atoms with E-state index >= 15 is 0 Å². The maximum atomic E-state index is 5.61. The van der Waals surface area contributed by atoms with Gasteiger partial charge in [0.15, 0.2) is 11.5 Å². The second kappa shape index (κ2) is 5.70. The molecule has 1 heterocycles. The van der Waals surface area contributed by atoms with Gasteiger partial charge in [0.05, 0.1) is 21.3 Å². The summed E-state index contributed by atoms with van der Waals surface area (Å²) < 4.78 is 16.5. The van der Waals surface area contributed by atoms with E-state index in [0.717, 1.165) is 24.5 Å². The summed E-state index contributed by atoms with van der Waals surface area (Å²) in [5, 5.41) is 3.56. The number of hydrogen-bond acceptors (Lipinski definition) is 4. The molecule has 1 aromatic rings. The van der Waals surface area contributed by atoms with Crippen molar-refractivity contribution in [3.05, 3.63) is 17.2 Å². The molecule has 1 aliphatic heterocycles. The number of methoxy groups -OCH3 is 3. The van der Waals surface area contributed by atoms with E-state index in [4.69, 9.17) is 14.2 Å². The molecule has 0 saturated carbocycles. The molecule has 19 heavy (non-hydrogen) atoms. The molecule has 0 fully saturated rings. The van der Waals surface area contributed by atoms with E-state index in [-0.39, 0.29) is 0 Å². The number of rotatable bonds is 4. The van der Waals surface area contributed by atoms with Gasteiger partial charge in [0.25, 0.3) is 0 Å². The summed E-state index contributed by atoms with van der Waals surface area (Å²) in [5.41, 5.74) is 2.49. The summed E-state index contributed by atoms with van der Waals surface area (Å²) in [7, 11) is 4.99. The molecular weight excluding hydrogens is 242 g/mol. The van der Waals surface area contributed by atoms with E-state index in [2.05, 4.69) is 25.2 Å². The fourth-order valence-corrected chi connectivity index (χ4v) is 2.81. The Balaban J connectivity index is 2.65. The molecule has 1 unspecified atom stereocenters. The van der Waals surface area contributed by atoms with Crippen molar-refractivity contribution in [2.75, 3.05) is 27.9 Å². The van der Waals surface area contributed by atoms with Crippen LogP contribution in [-0.2, 0) is 6.42 Å². The second-order valence-corrected chi connectivity index (χ2v) is 5.14. The monoisotopic (exact) mass is 265 g/mol. The average Bonchev–Trinajstić information content (AvgIpc) is 2.43. The van der Waals surface area contributed by atoms with E-state index in [9.17, 15) is 0 Å². The lowest BCUT2D eigenvalue weighted by molar-refractivity contribution is 0.308. The summed E-state index contributed by atoms with van der Waals surface area (Å²) in [4.78, 5) is 0. The predicted octanol–water partition coefficient (Wildman–Crippen LogP) is 2.56. The molecule has 0 aliphatic carbocycles. The first-order chi connectivity index (χ1) is 9.13. The van der Waals surface area contributed by atoms with Gasteiger partial charge in [0.1, 0.15) is 0 Å². The summed E-state index contributed by atoms with van der Waals surface area (Å²) in [5.74, 6) is 2.70. The van der Waals surface area contributed by atoms with E-state index in [0.29, 0.717) is 17.7 Å². The standard InChI is InChI=1S/C15H23NO3/c1-9(2)13-12-10(6-7-16-13)8-11(17-3)14(18-4)15(12)19-5/h8-9,13,16H,6-7H2,1-5H3. The zero-order chi connectivity index (χ0) is 14.0. The first kappa shape index (κ1) is 14.0. The largest absolute Gasteiger partial charge is 0.493 e. The Kier molecular flexibility index (Phi) is 4.20. The van der Waals surface area contributed by atoms with Crippen LogP contribution in [0, 0.1) is 5.92 Å². The molecular formula is C15H23NO3. The molecule has 0 aromatic heterocycles. The van der Waals surface area contributed by atoms with Crippen molar-refractivity contribution < 1.29 is 14.2 Å². The van der Waals surface area contributed by atoms with Gasteiger partial charge in [-0.25, -0.2) is 0 Å². The number of benzene rings is 1. The minimum absolute atomic E-state index is 0.290. The molecule has 4 nitrogen and oxygen atoms in total. The van der Waals surface area contributed by atoms with Crippen molar-refractivity contribution in [2.24, 2.45) is 5.92 Å². The normalized spacial score (nSPS) is 18.1. The second-order valence-electron chi connectivity index (χ2n) is 5.14. The summed E-state index contributed by atoms with van der Waals surface area (Å²) in [6.45, 7) is 5.40. The van der Waals surface area contributed by atoms with Crippen LogP contribution < -0.4 is 19.5 Å². The lowest BCUT2D eigenvalue weighted by Crippen LogP contribution is -2.33. The van der Waals surface area contributed by atoms with E-state index in [1.54, 1.807) is 21.3 Å². The molecule has 0 bridgehead atoms. The first-order valence-corrected chi connectivity index (χ1v) is 6.69. The summed E-state index contributed by atoms with van der Waals surface area (Å²) >= 11 is 0. The SMILES string of the molecule is COc1cc2c(c(OC)c1OC)C(C(C)C)NCC2. The predicted molar refractivity (Wildman–Crippen MR) is 75.4 cm³/mol. The third-order valence-corrected chi connectivity index (χ3v) is 3.69. The lowest BCUT2D eigenvalue weighted by Gasteiger charge is -2.32. The third-order valence-electron chi connectivity index (χ3n) is 3.69. The van der Waals surface area contributed by atoms with Gasteiger partial charge < -0.3 is 19.5 Å². The third kappa shape index (κ3) is 2.37. The summed E-state index contributed by atoms with van der Waals surface area (Å²) in [6.07, 6.45) is 0.981. The van der Waals surface area contributed by atoms with Crippen LogP contribution in [0.25, 0.3) is 0 Å². The van der Waals surface area contributed by atoms with Gasteiger partial charge in [-0.05, 0) is 30.5 Å². The van der Waals surface area contributed by atoms with Crippen LogP contribution >= 0.6 is 0 Å². The Bertz CT molecular complexity index is 457. The van der Waals surface area contributed by atoms with Crippen LogP contribution in [0.4, 0.5) is 0 Å². The van der Waals surface area contributed by atoms with Crippen molar-refractivity contribution in [3.63, 3.8) is 0 Å². The molecule has 0 saturated heterocycles. The minimum atomic E-state index is 0.290. The molecule has 0 spiro atoms. The Morgan fingerprint density at radius 2 is 1.79 bits per heavy atom. The molecule has 4 heteroatoms. The van der Waals surface area contributed by atoms with Gasteiger partial charge in [0, 0.05) is 11.6 Å². The van der Waals surface area contributed by atoms with Gasteiger partial charge in [-0.15, -0.1) is 0 Å². The van der Waals surface area contributed by atoms with Crippen molar-refractivity contribution in [1.29, 1.82) is 0 Å². The quantitative estimate of drug-likeness (QED) is 0.908. The van der Waals surface area contributed by atoms with Gasteiger partial charge in [-0.1, -0.05) is 13.8 Å². The number of nitrogens with one attached hydrogen (secondary N) is 1. The average molecular weight is 265 g/mol. The molecule has 1 aromatic carbocycles. The molecule has 0 amide bonds. The smallest absolute Gasteiger partial charge is 0.203 e. The fourth-order valence-electron chi connectivity index (χ4n) is 2.81. The maximum Gasteiger partial charge on any atom is 0.203 e. The minimum Gasteiger partial charge on any atom is -0.493 e. The van der Waals surface area contributed by atoms with Crippen molar-refractivity contribution in [2.45, 2.75) is 26.3 Å². The lowest BCUT2D eigenvalue weighted by atomic mass is 9.86. The van der Waals surface area contributed by atoms with Crippen LogP contribution in [0.5, 0.6) is 17.2 Å². The van der Waals surface area contributed by atoms with Gasteiger partial charge in [-0.3, -0.25) is 0 Å².